The van der Waals surface area contributed by atoms with Crippen LogP contribution in [0.4, 0.5) is 17.6 Å². The molecule has 1 saturated carbocycles. The van der Waals surface area contributed by atoms with Crippen LogP contribution in [0.5, 0.6) is 0 Å². The van der Waals surface area contributed by atoms with Gasteiger partial charge in [0.05, 0.1) is 12.4 Å². The first-order valence-corrected chi connectivity index (χ1v) is 11.8. The lowest BCUT2D eigenvalue weighted by Crippen LogP contribution is -2.25. The topological polar surface area (TPSA) is 63.3 Å². The van der Waals surface area contributed by atoms with Crippen molar-refractivity contribution in [3.8, 4) is 0 Å². The summed E-state index contributed by atoms with van der Waals surface area (Å²) in [5, 5.41) is 8.32. The van der Waals surface area contributed by atoms with Crippen molar-refractivity contribution in [1.82, 2.24) is 24.1 Å². The van der Waals surface area contributed by atoms with Gasteiger partial charge in [-0.1, -0.05) is 49.6 Å². The molecule has 4 heterocycles. The molecule has 1 aliphatic carbocycles. The van der Waals surface area contributed by atoms with Gasteiger partial charge in [-0.15, -0.1) is 5.10 Å². The molecule has 0 amide bonds. The van der Waals surface area contributed by atoms with E-state index in [1.807, 2.05) is 29.2 Å². The monoisotopic (exact) mass is 427 g/mol. The van der Waals surface area contributed by atoms with Gasteiger partial charge in [-0.25, -0.2) is 9.50 Å². The summed E-state index contributed by atoms with van der Waals surface area (Å²) in [6.07, 6.45) is 14.8. The summed E-state index contributed by atoms with van der Waals surface area (Å²) >= 11 is 0. The summed E-state index contributed by atoms with van der Waals surface area (Å²) in [6.45, 7) is 0.960. The molecule has 0 bridgehead atoms. The molecular formula is C25H29N7. The zero-order valence-corrected chi connectivity index (χ0v) is 18.3. The molecule has 1 aromatic carbocycles. The third-order valence-corrected chi connectivity index (χ3v) is 6.92. The first-order valence-electron chi connectivity index (χ1n) is 11.8. The molecule has 2 fully saturated rings. The lowest BCUT2D eigenvalue weighted by atomic mass is 9.95. The number of imidazole rings is 1. The van der Waals surface area contributed by atoms with E-state index in [1.54, 1.807) is 0 Å². The van der Waals surface area contributed by atoms with E-state index in [0.29, 0.717) is 12.1 Å². The van der Waals surface area contributed by atoms with Crippen LogP contribution in [0, 0.1) is 0 Å². The standard InChI is InChI=1S/C25H29N7/c1-3-9-19(10-4-1)21-13-7-15-31(21)25-28-24(22-14-8-16-32(22)29-25)27-23-17-30(18-26-23)20-11-5-2-6-12-20/h1,3-4,8-10,14,16-18,20-21H,2,5-7,11-13,15H2,(H,27,28,29). The van der Waals surface area contributed by atoms with Crippen LogP contribution in [0.25, 0.3) is 5.52 Å². The van der Waals surface area contributed by atoms with E-state index in [2.05, 4.69) is 56.3 Å². The molecule has 6 rings (SSSR count). The minimum absolute atomic E-state index is 0.308. The van der Waals surface area contributed by atoms with Gasteiger partial charge >= 0.3 is 0 Å². The number of benzene rings is 1. The van der Waals surface area contributed by atoms with E-state index in [1.165, 1.54) is 37.7 Å². The van der Waals surface area contributed by atoms with Crippen LogP contribution < -0.4 is 10.2 Å². The molecule has 1 atom stereocenters. The summed E-state index contributed by atoms with van der Waals surface area (Å²) in [7, 11) is 0. The number of nitrogens with zero attached hydrogens (tertiary/aromatic N) is 6. The first kappa shape index (κ1) is 19.3. The van der Waals surface area contributed by atoms with E-state index in [0.717, 1.165) is 42.5 Å². The molecule has 32 heavy (non-hydrogen) atoms. The molecule has 0 spiro atoms. The number of anilines is 3. The van der Waals surface area contributed by atoms with Crippen LogP contribution >= 0.6 is 0 Å². The Hall–Kier alpha value is -3.35. The average Bonchev–Trinajstić information content (AvgIpc) is 3.60. The van der Waals surface area contributed by atoms with Crippen molar-refractivity contribution >= 4 is 23.1 Å². The van der Waals surface area contributed by atoms with Gasteiger partial charge in [0.25, 0.3) is 0 Å². The van der Waals surface area contributed by atoms with Crippen molar-refractivity contribution in [2.75, 3.05) is 16.8 Å². The molecule has 3 aromatic heterocycles. The maximum Gasteiger partial charge on any atom is 0.246 e. The van der Waals surface area contributed by atoms with Gasteiger partial charge in [-0.3, -0.25) is 0 Å². The SMILES string of the molecule is c1ccc(C2CCCN2c2nc(Nc3cn(C4CCCCC4)cn3)c3cccn3n2)cc1. The van der Waals surface area contributed by atoms with E-state index < -0.39 is 0 Å². The third-order valence-electron chi connectivity index (χ3n) is 6.92. The number of rotatable bonds is 5. The molecule has 7 nitrogen and oxygen atoms in total. The average molecular weight is 428 g/mol. The largest absolute Gasteiger partial charge is 0.332 e. The summed E-state index contributed by atoms with van der Waals surface area (Å²) in [5.41, 5.74) is 2.28. The Bertz CT molecular complexity index is 1190. The maximum absolute atomic E-state index is 4.98. The number of hydrogen-bond acceptors (Lipinski definition) is 5. The second-order valence-electron chi connectivity index (χ2n) is 8.98. The molecule has 1 aliphatic heterocycles. The molecule has 1 saturated heterocycles. The van der Waals surface area contributed by atoms with E-state index >= 15 is 0 Å². The van der Waals surface area contributed by atoms with Gasteiger partial charge in [-0.05, 0) is 43.4 Å². The molecule has 0 radical (unpaired) electrons. The number of hydrogen-bond donors (Lipinski definition) is 1. The predicted octanol–water partition coefficient (Wildman–Crippen LogP) is 5.52. The summed E-state index contributed by atoms with van der Waals surface area (Å²) in [4.78, 5) is 12.0. The van der Waals surface area contributed by atoms with Crippen LogP contribution in [0.15, 0.2) is 61.2 Å². The molecular weight excluding hydrogens is 398 g/mol. The summed E-state index contributed by atoms with van der Waals surface area (Å²) < 4.78 is 4.19. The van der Waals surface area contributed by atoms with Gasteiger partial charge in [0.15, 0.2) is 5.82 Å². The van der Waals surface area contributed by atoms with Crippen LogP contribution in [0.3, 0.4) is 0 Å². The van der Waals surface area contributed by atoms with Gasteiger partial charge < -0.3 is 14.8 Å². The lowest BCUT2D eigenvalue weighted by molar-refractivity contribution is 0.353. The fourth-order valence-corrected chi connectivity index (χ4v) is 5.27. The van der Waals surface area contributed by atoms with Crippen molar-refractivity contribution in [2.45, 2.75) is 57.0 Å². The van der Waals surface area contributed by atoms with Crippen molar-refractivity contribution < 1.29 is 0 Å². The second-order valence-corrected chi connectivity index (χ2v) is 8.98. The second kappa shape index (κ2) is 8.30. The number of fused-ring (bicyclic) bond motifs is 1. The molecule has 1 unspecified atom stereocenters. The quantitative estimate of drug-likeness (QED) is 0.455. The van der Waals surface area contributed by atoms with Crippen LogP contribution in [-0.2, 0) is 0 Å². The predicted molar refractivity (Wildman–Crippen MR) is 126 cm³/mol. The zero-order valence-electron chi connectivity index (χ0n) is 18.3. The normalized spacial score (nSPS) is 19.6. The minimum Gasteiger partial charge on any atom is -0.332 e. The fraction of sp³-hybridized carbons (Fsp3) is 0.400. The molecule has 2 aliphatic rings. The van der Waals surface area contributed by atoms with Crippen molar-refractivity contribution in [3.63, 3.8) is 0 Å². The van der Waals surface area contributed by atoms with Crippen molar-refractivity contribution in [3.05, 3.63) is 66.7 Å². The molecule has 164 valence electrons. The highest BCUT2D eigenvalue weighted by Gasteiger charge is 2.29. The van der Waals surface area contributed by atoms with Crippen molar-refractivity contribution in [2.24, 2.45) is 0 Å². The first-order chi connectivity index (χ1) is 15.8. The Balaban J connectivity index is 1.31. The number of aromatic nitrogens is 5. The number of nitrogens with one attached hydrogen (secondary N) is 1. The zero-order chi connectivity index (χ0) is 21.3. The highest BCUT2D eigenvalue weighted by molar-refractivity contribution is 5.73. The van der Waals surface area contributed by atoms with Crippen LogP contribution in [-0.4, -0.2) is 30.7 Å². The summed E-state index contributed by atoms with van der Waals surface area (Å²) in [5.74, 6) is 2.39. The Morgan fingerprint density at radius 3 is 2.66 bits per heavy atom. The van der Waals surface area contributed by atoms with Gasteiger partial charge in [0.1, 0.15) is 11.3 Å². The van der Waals surface area contributed by atoms with Crippen molar-refractivity contribution in [1.29, 1.82) is 0 Å². The highest BCUT2D eigenvalue weighted by Crippen LogP contribution is 2.35. The Morgan fingerprint density at radius 2 is 1.78 bits per heavy atom. The third kappa shape index (κ3) is 3.61. The van der Waals surface area contributed by atoms with Gasteiger partial charge in [0.2, 0.25) is 5.95 Å². The van der Waals surface area contributed by atoms with E-state index in [9.17, 15) is 0 Å². The Kier molecular flexibility index (Phi) is 5.02. The Morgan fingerprint density at radius 1 is 0.906 bits per heavy atom. The van der Waals surface area contributed by atoms with Crippen LogP contribution in [0.2, 0.25) is 0 Å². The maximum atomic E-state index is 4.98. The minimum atomic E-state index is 0.308. The Labute approximate surface area is 188 Å². The van der Waals surface area contributed by atoms with Crippen LogP contribution in [0.1, 0.15) is 62.6 Å². The molecule has 1 N–H and O–H groups in total. The van der Waals surface area contributed by atoms with E-state index in [-0.39, 0.29) is 0 Å². The fourth-order valence-electron chi connectivity index (χ4n) is 5.27. The van der Waals surface area contributed by atoms with Gasteiger partial charge in [0, 0.05) is 25.0 Å². The smallest absolute Gasteiger partial charge is 0.246 e. The molecule has 4 aromatic rings. The lowest BCUT2D eigenvalue weighted by Gasteiger charge is -2.25. The van der Waals surface area contributed by atoms with Gasteiger partial charge in [-0.2, -0.15) is 4.98 Å². The van der Waals surface area contributed by atoms with E-state index in [4.69, 9.17) is 10.1 Å². The molecule has 7 heteroatoms. The highest BCUT2D eigenvalue weighted by atomic mass is 15.4. The summed E-state index contributed by atoms with van der Waals surface area (Å²) in [6, 6.07) is 15.6.